The van der Waals surface area contributed by atoms with Gasteiger partial charge in [0.2, 0.25) is 0 Å². The van der Waals surface area contributed by atoms with Crippen LogP contribution in [-0.2, 0) is 9.84 Å². The summed E-state index contributed by atoms with van der Waals surface area (Å²) in [4.78, 5) is 0. The van der Waals surface area contributed by atoms with Crippen LogP contribution in [0, 0.1) is 11.7 Å². The van der Waals surface area contributed by atoms with E-state index in [-0.39, 0.29) is 23.0 Å². The zero-order valence-electron chi connectivity index (χ0n) is 11.9. The highest BCUT2D eigenvalue weighted by atomic mass is 79.9. The van der Waals surface area contributed by atoms with Crippen LogP contribution in [0.3, 0.4) is 0 Å². The Kier molecular flexibility index (Phi) is 5.40. The van der Waals surface area contributed by atoms with E-state index in [0.29, 0.717) is 17.3 Å². The van der Waals surface area contributed by atoms with Crippen LogP contribution in [0.1, 0.15) is 37.3 Å². The SMILES string of the molecule is CS(=O)(=O)C1CCCC(C(NN)c2ccc(F)cc2Br)C1. The molecule has 1 saturated carbocycles. The first kappa shape index (κ1) is 16.9. The van der Waals surface area contributed by atoms with Crippen LogP contribution < -0.4 is 11.3 Å². The Morgan fingerprint density at radius 2 is 2.14 bits per heavy atom. The van der Waals surface area contributed by atoms with Crippen molar-refractivity contribution in [2.45, 2.75) is 37.0 Å². The van der Waals surface area contributed by atoms with Gasteiger partial charge in [0, 0.05) is 16.8 Å². The molecule has 0 heterocycles. The van der Waals surface area contributed by atoms with Crippen LogP contribution in [0.4, 0.5) is 4.39 Å². The first-order valence-electron chi connectivity index (χ1n) is 6.93. The van der Waals surface area contributed by atoms with Crippen molar-refractivity contribution in [3.63, 3.8) is 0 Å². The molecule has 1 aromatic carbocycles. The quantitative estimate of drug-likeness (QED) is 0.623. The average molecular weight is 379 g/mol. The molecule has 0 aromatic heterocycles. The van der Waals surface area contributed by atoms with E-state index in [2.05, 4.69) is 21.4 Å². The maximum atomic E-state index is 13.2. The number of hydrogen-bond donors (Lipinski definition) is 2. The second kappa shape index (κ2) is 6.73. The summed E-state index contributed by atoms with van der Waals surface area (Å²) in [5, 5.41) is -0.314. The third-order valence-electron chi connectivity index (χ3n) is 4.22. The van der Waals surface area contributed by atoms with E-state index in [4.69, 9.17) is 5.84 Å². The molecule has 0 bridgehead atoms. The van der Waals surface area contributed by atoms with E-state index in [0.717, 1.165) is 18.4 Å². The first-order chi connectivity index (χ1) is 9.82. The lowest BCUT2D eigenvalue weighted by molar-refractivity contribution is 0.274. The van der Waals surface area contributed by atoms with E-state index < -0.39 is 9.84 Å². The summed E-state index contributed by atoms with van der Waals surface area (Å²) >= 11 is 3.36. The van der Waals surface area contributed by atoms with Crippen LogP contribution in [-0.4, -0.2) is 19.9 Å². The molecule has 0 spiro atoms. The van der Waals surface area contributed by atoms with Gasteiger partial charge in [-0.15, -0.1) is 0 Å². The molecule has 21 heavy (non-hydrogen) atoms. The van der Waals surface area contributed by atoms with Crippen LogP contribution in [0.25, 0.3) is 0 Å². The van der Waals surface area contributed by atoms with Gasteiger partial charge >= 0.3 is 0 Å². The molecule has 1 fully saturated rings. The van der Waals surface area contributed by atoms with Gasteiger partial charge in [-0.3, -0.25) is 11.3 Å². The molecule has 4 nitrogen and oxygen atoms in total. The molecule has 118 valence electrons. The van der Waals surface area contributed by atoms with Crippen molar-refractivity contribution >= 4 is 25.8 Å². The van der Waals surface area contributed by atoms with Gasteiger partial charge in [-0.05, 0) is 42.9 Å². The number of sulfone groups is 1. The number of halogens is 2. The second-order valence-electron chi connectivity index (χ2n) is 5.69. The van der Waals surface area contributed by atoms with Gasteiger partial charge in [-0.1, -0.05) is 28.4 Å². The van der Waals surface area contributed by atoms with Gasteiger partial charge < -0.3 is 0 Å². The monoisotopic (exact) mass is 378 g/mol. The highest BCUT2D eigenvalue weighted by Crippen LogP contribution is 2.38. The van der Waals surface area contributed by atoms with Gasteiger partial charge in [0.15, 0.2) is 0 Å². The first-order valence-corrected chi connectivity index (χ1v) is 9.67. The predicted molar refractivity (Wildman–Crippen MR) is 84.8 cm³/mol. The summed E-state index contributed by atoms with van der Waals surface area (Å²) in [7, 11) is -3.04. The summed E-state index contributed by atoms with van der Waals surface area (Å²) < 4.78 is 37.4. The highest BCUT2D eigenvalue weighted by molar-refractivity contribution is 9.10. The average Bonchev–Trinajstić information content (AvgIpc) is 2.41. The Labute approximate surface area is 133 Å². The van der Waals surface area contributed by atoms with E-state index in [9.17, 15) is 12.8 Å². The molecule has 1 aromatic rings. The number of benzene rings is 1. The topological polar surface area (TPSA) is 72.2 Å². The maximum Gasteiger partial charge on any atom is 0.150 e. The Hall–Kier alpha value is -0.500. The van der Waals surface area contributed by atoms with Gasteiger partial charge in [-0.2, -0.15) is 0 Å². The predicted octanol–water partition coefficient (Wildman–Crippen LogP) is 2.70. The largest absolute Gasteiger partial charge is 0.271 e. The summed E-state index contributed by atoms with van der Waals surface area (Å²) in [5.41, 5.74) is 3.63. The van der Waals surface area contributed by atoms with Crippen molar-refractivity contribution in [1.29, 1.82) is 0 Å². The molecule has 3 atom stereocenters. The normalized spacial score (nSPS) is 24.8. The van der Waals surface area contributed by atoms with Crippen molar-refractivity contribution in [2.75, 3.05) is 6.26 Å². The number of hydrogen-bond acceptors (Lipinski definition) is 4. The summed E-state index contributed by atoms with van der Waals surface area (Å²) in [6, 6.07) is 4.29. The molecule has 0 amide bonds. The molecule has 2 rings (SSSR count). The molecular formula is C14H20BrFN2O2S. The molecule has 1 aliphatic carbocycles. The molecule has 0 saturated heterocycles. The fourth-order valence-electron chi connectivity index (χ4n) is 3.11. The Balaban J connectivity index is 2.24. The molecule has 1 aliphatic rings. The third-order valence-corrected chi connectivity index (χ3v) is 6.55. The number of rotatable bonds is 4. The van der Waals surface area contributed by atoms with Crippen molar-refractivity contribution in [1.82, 2.24) is 5.43 Å². The van der Waals surface area contributed by atoms with Crippen LogP contribution in [0.2, 0.25) is 0 Å². The standard InChI is InChI=1S/C14H20BrFN2O2S/c1-21(19,20)11-4-2-3-9(7-11)14(18-17)12-6-5-10(16)8-13(12)15/h5-6,8-9,11,14,18H,2-4,7,17H2,1H3. The fourth-order valence-corrected chi connectivity index (χ4v) is 4.90. The van der Waals surface area contributed by atoms with Crippen LogP contribution in [0.15, 0.2) is 22.7 Å². The van der Waals surface area contributed by atoms with Gasteiger partial charge in [0.25, 0.3) is 0 Å². The molecule has 0 radical (unpaired) electrons. The van der Waals surface area contributed by atoms with Crippen LogP contribution >= 0.6 is 15.9 Å². The smallest absolute Gasteiger partial charge is 0.150 e. The van der Waals surface area contributed by atoms with Gasteiger partial charge in [-0.25, -0.2) is 12.8 Å². The van der Waals surface area contributed by atoms with E-state index in [1.54, 1.807) is 6.07 Å². The highest BCUT2D eigenvalue weighted by Gasteiger charge is 2.34. The molecular weight excluding hydrogens is 359 g/mol. The van der Waals surface area contributed by atoms with Crippen molar-refractivity contribution in [3.8, 4) is 0 Å². The van der Waals surface area contributed by atoms with E-state index in [1.165, 1.54) is 18.4 Å². The number of nitrogens with one attached hydrogen (secondary N) is 1. The zero-order valence-corrected chi connectivity index (χ0v) is 14.3. The van der Waals surface area contributed by atoms with E-state index in [1.807, 2.05) is 0 Å². The molecule has 7 heteroatoms. The maximum absolute atomic E-state index is 13.2. The zero-order chi connectivity index (χ0) is 15.6. The second-order valence-corrected chi connectivity index (χ2v) is 8.87. The fraction of sp³-hybridized carbons (Fsp3) is 0.571. The van der Waals surface area contributed by atoms with Crippen molar-refractivity contribution in [3.05, 3.63) is 34.1 Å². The molecule has 3 N–H and O–H groups in total. The Morgan fingerprint density at radius 1 is 1.43 bits per heavy atom. The summed E-state index contributed by atoms with van der Waals surface area (Å²) in [5.74, 6) is 5.48. The number of hydrazine groups is 1. The summed E-state index contributed by atoms with van der Waals surface area (Å²) in [6.45, 7) is 0. The minimum absolute atomic E-state index is 0.116. The van der Waals surface area contributed by atoms with Gasteiger partial charge in [0.05, 0.1) is 5.25 Å². The lowest BCUT2D eigenvalue weighted by Gasteiger charge is -2.34. The van der Waals surface area contributed by atoms with Crippen LogP contribution in [0.5, 0.6) is 0 Å². The Bertz CT molecular complexity index is 609. The van der Waals surface area contributed by atoms with Crippen molar-refractivity contribution < 1.29 is 12.8 Å². The Morgan fingerprint density at radius 3 is 2.71 bits per heavy atom. The van der Waals surface area contributed by atoms with Gasteiger partial charge in [0.1, 0.15) is 15.7 Å². The minimum atomic E-state index is -3.04. The molecule has 0 aliphatic heterocycles. The van der Waals surface area contributed by atoms with E-state index >= 15 is 0 Å². The minimum Gasteiger partial charge on any atom is -0.271 e. The lowest BCUT2D eigenvalue weighted by Crippen LogP contribution is -2.38. The number of nitrogens with two attached hydrogens (primary N) is 1. The lowest BCUT2D eigenvalue weighted by atomic mass is 9.81. The third kappa shape index (κ3) is 4.03. The molecule has 3 unspecified atom stereocenters. The summed E-state index contributed by atoms with van der Waals surface area (Å²) in [6.07, 6.45) is 4.34. The van der Waals surface area contributed by atoms with Crippen molar-refractivity contribution in [2.24, 2.45) is 11.8 Å².